The topological polar surface area (TPSA) is 38.8 Å². The highest BCUT2D eigenvalue weighted by Crippen LogP contribution is 2.22. The number of carbonyl (C=O) groups excluding carboxylic acids is 1. The Hall–Kier alpha value is -2.59. The molecular weight excluding hydrogens is 266 g/mol. The minimum atomic E-state index is -0.230. The molecule has 2 aromatic rings. The van der Waals surface area contributed by atoms with Gasteiger partial charge in [0.1, 0.15) is 11.5 Å². The SMILES string of the molecule is CON(C)C(=O)C=Cc1cccc(Oc2ccccc2)c1. The lowest BCUT2D eigenvalue weighted by Crippen LogP contribution is -2.22. The van der Waals surface area contributed by atoms with Crippen LogP contribution in [0.15, 0.2) is 60.7 Å². The number of amides is 1. The second-order valence-corrected chi connectivity index (χ2v) is 4.34. The van der Waals surface area contributed by atoms with Crippen molar-refractivity contribution in [2.45, 2.75) is 0 Å². The summed E-state index contributed by atoms with van der Waals surface area (Å²) in [7, 11) is 3.00. The highest BCUT2D eigenvalue weighted by Gasteiger charge is 2.02. The van der Waals surface area contributed by atoms with E-state index < -0.39 is 0 Å². The highest BCUT2D eigenvalue weighted by atomic mass is 16.7. The van der Waals surface area contributed by atoms with Crippen molar-refractivity contribution < 1.29 is 14.4 Å². The van der Waals surface area contributed by atoms with Gasteiger partial charge in [-0.05, 0) is 35.9 Å². The van der Waals surface area contributed by atoms with Gasteiger partial charge in [-0.2, -0.15) is 0 Å². The Bertz CT molecular complexity index is 623. The molecule has 0 spiro atoms. The minimum absolute atomic E-state index is 0.230. The van der Waals surface area contributed by atoms with Gasteiger partial charge in [-0.15, -0.1) is 0 Å². The van der Waals surface area contributed by atoms with Crippen molar-refractivity contribution in [1.82, 2.24) is 5.06 Å². The van der Waals surface area contributed by atoms with Gasteiger partial charge < -0.3 is 4.74 Å². The summed E-state index contributed by atoms with van der Waals surface area (Å²) in [6.07, 6.45) is 3.17. The Morgan fingerprint density at radius 1 is 1.05 bits per heavy atom. The van der Waals surface area contributed by atoms with Crippen LogP contribution >= 0.6 is 0 Å². The number of hydrogen-bond donors (Lipinski definition) is 0. The Balaban J connectivity index is 2.08. The molecule has 0 bridgehead atoms. The molecule has 0 aliphatic rings. The van der Waals surface area contributed by atoms with E-state index in [1.54, 1.807) is 13.1 Å². The molecule has 108 valence electrons. The third kappa shape index (κ3) is 4.47. The van der Waals surface area contributed by atoms with E-state index >= 15 is 0 Å². The van der Waals surface area contributed by atoms with Crippen LogP contribution in [0.1, 0.15) is 5.56 Å². The van der Waals surface area contributed by atoms with Gasteiger partial charge >= 0.3 is 0 Å². The van der Waals surface area contributed by atoms with Gasteiger partial charge in [-0.3, -0.25) is 9.63 Å². The summed E-state index contributed by atoms with van der Waals surface area (Å²) in [4.78, 5) is 16.4. The van der Waals surface area contributed by atoms with Gasteiger partial charge in [0, 0.05) is 13.1 Å². The summed E-state index contributed by atoms with van der Waals surface area (Å²) in [6.45, 7) is 0. The van der Waals surface area contributed by atoms with Gasteiger partial charge in [-0.25, -0.2) is 5.06 Å². The lowest BCUT2D eigenvalue weighted by Gasteiger charge is -2.10. The second-order valence-electron chi connectivity index (χ2n) is 4.34. The molecule has 1 amide bonds. The van der Waals surface area contributed by atoms with E-state index in [-0.39, 0.29) is 5.91 Å². The largest absolute Gasteiger partial charge is 0.457 e. The number of para-hydroxylation sites is 1. The highest BCUT2D eigenvalue weighted by molar-refractivity contribution is 5.90. The number of likely N-dealkylation sites (N-methyl/N-ethyl adjacent to an activating group) is 1. The fourth-order valence-corrected chi connectivity index (χ4v) is 1.67. The van der Waals surface area contributed by atoms with Crippen LogP contribution in [-0.2, 0) is 9.63 Å². The molecule has 21 heavy (non-hydrogen) atoms. The van der Waals surface area contributed by atoms with Crippen molar-refractivity contribution in [2.24, 2.45) is 0 Å². The van der Waals surface area contributed by atoms with Crippen molar-refractivity contribution in [3.05, 3.63) is 66.2 Å². The maximum atomic E-state index is 11.6. The Labute approximate surface area is 124 Å². The van der Waals surface area contributed by atoms with Crippen molar-refractivity contribution in [1.29, 1.82) is 0 Å². The molecular formula is C17H17NO3. The molecule has 0 N–H and O–H groups in total. The number of carbonyl (C=O) groups is 1. The summed E-state index contributed by atoms with van der Waals surface area (Å²) in [5.41, 5.74) is 0.876. The zero-order chi connectivity index (χ0) is 15.1. The average Bonchev–Trinajstić information content (AvgIpc) is 2.53. The predicted molar refractivity (Wildman–Crippen MR) is 81.8 cm³/mol. The van der Waals surface area contributed by atoms with Crippen LogP contribution in [0.25, 0.3) is 6.08 Å². The summed E-state index contributed by atoms with van der Waals surface area (Å²) < 4.78 is 5.74. The molecule has 0 heterocycles. The first-order valence-corrected chi connectivity index (χ1v) is 6.52. The molecule has 0 aliphatic heterocycles. The fourth-order valence-electron chi connectivity index (χ4n) is 1.67. The van der Waals surface area contributed by atoms with Crippen molar-refractivity contribution >= 4 is 12.0 Å². The number of nitrogens with zero attached hydrogens (tertiary/aromatic N) is 1. The molecule has 4 heteroatoms. The molecule has 2 aromatic carbocycles. The van der Waals surface area contributed by atoms with Crippen LogP contribution in [0.2, 0.25) is 0 Å². The second kappa shape index (κ2) is 7.26. The molecule has 0 fully saturated rings. The molecule has 0 saturated carbocycles. The average molecular weight is 283 g/mol. The minimum Gasteiger partial charge on any atom is -0.457 e. The van der Waals surface area contributed by atoms with Gasteiger partial charge in [0.15, 0.2) is 0 Å². The molecule has 4 nitrogen and oxygen atoms in total. The molecule has 0 radical (unpaired) electrons. The number of hydroxylamine groups is 2. The Morgan fingerprint density at radius 2 is 1.76 bits per heavy atom. The smallest absolute Gasteiger partial charge is 0.269 e. The monoisotopic (exact) mass is 283 g/mol. The quantitative estimate of drug-likeness (QED) is 0.622. The Kier molecular flexibility index (Phi) is 5.12. The molecule has 0 aliphatic carbocycles. The van der Waals surface area contributed by atoms with Crippen LogP contribution in [0.3, 0.4) is 0 Å². The molecule has 0 saturated heterocycles. The van der Waals surface area contributed by atoms with E-state index in [4.69, 9.17) is 9.57 Å². The number of rotatable bonds is 5. The van der Waals surface area contributed by atoms with Crippen molar-refractivity contribution in [3.8, 4) is 11.5 Å². The van der Waals surface area contributed by atoms with E-state index in [2.05, 4.69) is 0 Å². The van der Waals surface area contributed by atoms with Gasteiger partial charge in [0.05, 0.1) is 7.11 Å². The lowest BCUT2D eigenvalue weighted by atomic mass is 10.2. The molecule has 0 atom stereocenters. The first-order valence-electron chi connectivity index (χ1n) is 6.52. The van der Waals surface area contributed by atoms with E-state index in [0.717, 1.165) is 22.1 Å². The molecule has 2 rings (SSSR count). The van der Waals surface area contributed by atoms with Crippen LogP contribution < -0.4 is 4.74 Å². The van der Waals surface area contributed by atoms with Crippen molar-refractivity contribution in [2.75, 3.05) is 14.2 Å². The zero-order valence-electron chi connectivity index (χ0n) is 12.0. The van der Waals surface area contributed by atoms with E-state index in [1.807, 2.05) is 54.6 Å². The van der Waals surface area contributed by atoms with E-state index in [9.17, 15) is 4.79 Å². The summed E-state index contributed by atoms with van der Waals surface area (Å²) in [6, 6.07) is 17.0. The number of benzene rings is 2. The first kappa shape index (κ1) is 14.8. The van der Waals surface area contributed by atoms with Gasteiger partial charge in [-0.1, -0.05) is 30.3 Å². The van der Waals surface area contributed by atoms with E-state index in [0.29, 0.717) is 0 Å². The summed E-state index contributed by atoms with van der Waals surface area (Å²) >= 11 is 0. The normalized spacial score (nSPS) is 10.6. The van der Waals surface area contributed by atoms with Crippen LogP contribution in [0.5, 0.6) is 11.5 Å². The predicted octanol–water partition coefficient (Wildman–Crippen LogP) is 3.51. The molecule has 0 unspecified atom stereocenters. The van der Waals surface area contributed by atoms with Gasteiger partial charge in [0.2, 0.25) is 0 Å². The van der Waals surface area contributed by atoms with Crippen LogP contribution in [0, 0.1) is 0 Å². The maximum Gasteiger partial charge on any atom is 0.269 e. The summed E-state index contributed by atoms with van der Waals surface area (Å²) in [5.74, 6) is 1.26. The fraction of sp³-hybridized carbons (Fsp3) is 0.118. The van der Waals surface area contributed by atoms with Crippen LogP contribution in [0.4, 0.5) is 0 Å². The maximum absolute atomic E-state index is 11.6. The number of hydrogen-bond acceptors (Lipinski definition) is 3. The number of ether oxygens (including phenoxy) is 1. The third-order valence-corrected chi connectivity index (χ3v) is 2.84. The van der Waals surface area contributed by atoms with Crippen LogP contribution in [-0.4, -0.2) is 25.1 Å². The Morgan fingerprint density at radius 3 is 2.48 bits per heavy atom. The third-order valence-electron chi connectivity index (χ3n) is 2.84. The zero-order valence-corrected chi connectivity index (χ0v) is 12.0. The van der Waals surface area contributed by atoms with Gasteiger partial charge in [0.25, 0.3) is 5.91 Å². The summed E-state index contributed by atoms with van der Waals surface area (Å²) in [5, 5.41) is 1.15. The van der Waals surface area contributed by atoms with Crippen molar-refractivity contribution in [3.63, 3.8) is 0 Å². The van der Waals surface area contributed by atoms with E-state index in [1.165, 1.54) is 13.2 Å². The lowest BCUT2D eigenvalue weighted by molar-refractivity contribution is -0.162. The molecule has 0 aromatic heterocycles. The first-order chi connectivity index (χ1) is 10.2. The standard InChI is InChI=1S/C17H17NO3/c1-18(20-2)17(19)12-11-14-7-6-10-16(13-14)21-15-8-4-3-5-9-15/h3-13H,1-2H3.